The molecule has 2 rings (SSSR count). The molecule has 2 saturated heterocycles. The Morgan fingerprint density at radius 3 is 1.96 bits per heavy atom. The molecule has 2 heterocycles. The van der Waals surface area contributed by atoms with Crippen molar-refractivity contribution in [2.45, 2.75) is 136 Å². The van der Waals surface area contributed by atoms with Gasteiger partial charge in [-0.25, -0.2) is 0 Å². The first-order chi connectivity index (χ1) is 24.1. The van der Waals surface area contributed by atoms with Gasteiger partial charge in [0.1, 0.15) is 6.10 Å². The Morgan fingerprint density at radius 2 is 1.41 bits per heavy atom. The number of aliphatic hydroxyl groups is 3. The number of aliphatic hydroxyl groups excluding tert-OH is 3. The second-order valence-electron chi connectivity index (χ2n) is 15.0. The van der Waals surface area contributed by atoms with Gasteiger partial charge in [-0.3, -0.25) is 4.79 Å². The zero-order valence-electron chi connectivity index (χ0n) is 32.7. The highest BCUT2D eigenvalue weighted by atomic mass is 16.7. The molecule has 0 aromatic rings. The van der Waals surface area contributed by atoms with Gasteiger partial charge < -0.3 is 39.4 Å². The minimum Gasteiger partial charge on any atom is -0.481 e. The third-order valence-electron chi connectivity index (χ3n) is 10.9. The van der Waals surface area contributed by atoms with Crippen LogP contribution in [-0.2, 0) is 23.7 Å². The van der Waals surface area contributed by atoms with Gasteiger partial charge in [-0.2, -0.15) is 0 Å². The Kier molecular flexibility index (Phi) is 19.3. The fraction of sp³-hybridized carbons (Fsp3) is 0.690. The molecule has 0 unspecified atom stereocenters. The van der Waals surface area contributed by atoms with Gasteiger partial charge in [-0.1, -0.05) is 121 Å². The second-order valence-corrected chi connectivity index (χ2v) is 15.0. The molecule has 0 bridgehead atoms. The van der Waals surface area contributed by atoms with Crippen molar-refractivity contribution in [3.8, 4) is 0 Å². The highest BCUT2D eigenvalue weighted by Crippen LogP contribution is 2.47. The summed E-state index contributed by atoms with van der Waals surface area (Å²) in [7, 11) is 3.16. The van der Waals surface area contributed by atoms with Gasteiger partial charge in [0.25, 0.3) is 0 Å². The quantitative estimate of drug-likeness (QED) is 0.0809. The van der Waals surface area contributed by atoms with E-state index >= 15 is 0 Å². The number of ether oxygens (including phenoxy) is 4. The van der Waals surface area contributed by atoms with Crippen molar-refractivity contribution < 1.29 is 44.2 Å². The monoisotopic (exact) mass is 716 g/mol. The molecule has 2 aliphatic heterocycles. The standard InChI is InChI=1S/C42H68O9/c1-11-20-27(2)23-29(4)39(47)33(8)41-31(6)35(49-10)26-42(51-41)36(43)24-30(5)40(50-42)32(7)38(46)28(3)21-18-16-14-12-13-15-17-19-22-34(48-9)25-37(44)45/h12-22,28-36,38-41,43,46-47H,11,23-26H2,1-10H3,(H,44,45)/b13-12+,16-14+,17-15+,21-18+,22-19+,27-20+/t28-,29-,30-,31+,32-,33+,34-,35+,36-,38-,39-,40-,41-,42+/m0/s1. The van der Waals surface area contributed by atoms with E-state index in [1.807, 2.05) is 70.2 Å². The third kappa shape index (κ3) is 13.2. The molecular weight excluding hydrogens is 648 g/mol. The van der Waals surface area contributed by atoms with Crippen LogP contribution in [-0.4, -0.2) is 89.1 Å². The van der Waals surface area contributed by atoms with Crippen LogP contribution in [0.15, 0.2) is 72.4 Å². The number of carboxylic acids is 1. The van der Waals surface area contributed by atoms with Crippen LogP contribution < -0.4 is 0 Å². The molecule has 0 aliphatic carbocycles. The normalized spacial score (nSPS) is 32.3. The van der Waals surface area contributed by atoms with Crippen molar-refractivity contribution in [2.24, 2.45) is 35.5 Å². The molecule has 0 radical (unpaired) electrons. The molecule has 2 aliphatic rings. The van der Waals surface area contributed by atoms with Crippen molar-refractivity contribution in [1.82, 2.24) is 0 Å². The van der Waals surface area contributed by atoms with E-state index in [0.717, 1.165) is 12.8 Å². The van der Waals surface area contributed by atoms with E-state index in [0.29, 0.717) is 12.8 Å². The van der Waals surface area contributed by atoms with Crippen LogP contribution in [0.2, 0.25) is 0 Å². The summed E-state index contributed by atoms with van der Waals surface area (Å²) in [5.74, 6) is -2.87. The molecule has 0 aromatic carbocycles. The molecule has 0 amide bonds. The highest BCUT2D eigenvalue weighted by Gasteiger charge is 2.57. The molecule has 0 saturated carbocycles. The van der Waals surface area contributed by atoms with E-state index < -0.39 is 42.3 Å². The summed E-state index contributed by atoms with van der Waals surface area (Å²) in [5.41, 5.74) is 1.26. The largest absolute Gasteiger partial charge is 0.481 e. The van der Waals surface area contributed by atoms with Crippen molar-refractivity contribution in [3.63, 3.8) is 0 Å². The molecule has 51 heavy (non-hydrogen) atoms. The molecule has 0 aromatic heterocycles. The van der Waals surface area contributed by atoms with E-state index in [9.17, 15) is 20.1 Å². The number of aliphatic carboxylic acids is 1. The van der Waals surface area contributed by atoms with Gasteiger partial charge >= 0.3 is 5.97 Å². The van der Waals surface area contributed by atoms with E-state index in [2.05, 4.69) is 33.8 Å². The second kappa shape index (κ2) is 22.0. The summed E-state index contributed by atoms with van der Waals surface area (Å²) in [6.07, 6.45) is 19.5. The van der Waals surface area contributed by atoms with Crippen LogP contribution >= 0.6 is 0 Å². The highest BCUT2D eigenvalue weighted by molar-refractivity contribution is 5.67. The van der Waals surface area contributed by atoms with Crippen molar-refractivity contribution in [1.29, 1.82) is 0 Å². The molecule has 290 valence electrons. The summed E-state index contributed by atoms with van der Waals surface area (Å²) in [6, 6.07) is 0. The minimum absolute atomic E-state index is 0.0179. The van der Waals surface area contributed by atoms with Gasteiger partial charge in [0, 0.05) is 44.3 Å². The number of hydrogen-bond acceptors (Lipinski definition) is 8. The van der Waals surface area contributed by atoms with Crippen LogP contribution in [0, 0.1) is 35.5 Å². The van der Waals surface area contributed by atoms with Crippen LogP contribution in [0.4, 0.5) is 0 Å². The smallest absolute Gasteiger partial charge is 0.306 e. The maximum absolute atomic E-state index is 11.5. The summed E-state index contributed by atoms with van der Waals surface area (Å²) in [6.45, 7) is 16.4. The van der Waals surface area contributed by atoms with Crippen molar-refractivity contribution in [2.75, 3.05) is 14.2 Å². The summed E-state index contributed by atoms with van der Waals surface area (Å²) in [4.78, 5) is 10.8. The molecule has 4 N–H and O–H groups in total. The maximum atomic E-state index is 11.5. The molecule has 1 spiro atoms. The number of hydrogen-bond donors (Lipinski definition) is 4. The lowest BCUT2D eigenvalue weighted by Crippen LogP contribution is -2.65. The van der Waals surface area contributed by atoms with Crippen molar-refractivity contribution in [3.05, 3.63) is 72.4 Å². The predicted octanol–water partition coefficient (Wildman–Crippen LogP) is 7.19. The first kappa shape index (κ1) is 44.8. The van der Waals surface area contributed by atoms with E-state index in [-0.39, 0.29) is 54.1 Å². The maximum Gasteiger partial charge on any atom is 0.306 e. The van der Waals surface area contributed by atoms with Crippen molar-refractivity contribution >= 4 is 5.97 Å². The van der Waals surface area contributed by atoms with Crippen LogP contribution in [0.25, 0.3) is 0 Å². The van der Waals surface area contributed by atoms with Gasteiger partial charge in [0.2, 0.25) is 0 Å². The van der Waals surface area contributed by atoms with Gasteiger partial charge in [-0.15, -0.1) is 0 Å². The van der Waals surface area contributed by atoms with Crippen LogP contribution in [0.3, 0.4) is 0 Å². The zero-order valence-corrected chi connectivity index (χ0v) is 32.7. The molecular formula is C42H68O9. The lowest BCUT2D eigenvalue weighted by atomic mass is 9.74. The average Bonchev–Trinajstić information content (AvgIpc) is 3.09. The SMILES string of the molecule is CC/C=C(\C)C[C@H](C)[C@H](O)[C@@H](C)[C@H]1O[C@@]2(C[C@@H](OC)[C@H]1C)O[C@H]([C@@H](C)[C@@H](O)[C@@H](C)/C=C/C=C/C=C/C=C/C=C/[C@@H](CC(=O)O)OC)[C@@H](C)C[C@@H]2O. The molecule has 9 nitrogen and oxygen atoms in total. The Morgan fingerprint density at radius 1 is 0.863 bits per heavy atom. The van der Waals surface area contributed by atoms with Gasteiger partial charge in [0.15, 0.2) is 5.79 Å². The fourth-order valence-electron chi connectivity index (χ4n) is 7.73. The molecule has 14 atom stereocenters. The fourth-order valence-corrected chi connectivity index (χ4v) is 7.73. The molecule has 9 heteroatoms. The third-order valence-corrected chi connectivity index (χ3v) is 10.9. The van der Waals surface area contributed by atoms with Crippen LogP contribution in [0.5, 0.6) is 0 Å². The zero-order chi connectivity index (χ0) is 38.3. The number of rotatable bonds is 19. The number of carboxylic acid groups (broad SMARTS) is 1. The van der Waals surface area contributed by atoms with Gasteiger partial charge in [0.05, 0.1) is 43.0 Å². The Labute approximate surface area is 307 Å². The van der Waals surface area contributed by atoms with Gasteiger partial charge in [-0.05, 0) is 38.0 Å². The minimum atomic E-state index is -1.30. The summed E-state index contributed by atoms with van der Waals surface area (Å²) >= 11 is 0. The van der Waals surface area contributed by atoms with E-state index in [1.54, 1.807) is 25.3 Å². The Balaban J connectivity index is 2.10. The number of carbonyl (C=O) groups is 1. The average molecular weight is 717 g/mol. The summed E-state index contributed by atoms with van der Waals surface area (Å²) in [5, 5.41) is 43.4. The predicted molar refractivity (Wildman–Crippen MR) is 203 cm³/mol. The summed E-state index contributed by atoms with van der Waals surface area (Å²) < 4.78 is 24.7. The number of methoxy groups -OCH3 is 2. The lowest BCUT2D eigenvalue weighted by molar-refractivity contribution is -0.391. The topological polar surface area (TPSA) is 135 Å². The molecule has 2 fully saturated rings. The Bertz CT molecular complexity index is 1220. The first-order valence-electron chi connectivity index (χ1n) is 18.8. The van der Waals surface area contributed by atoms with E-state index in [4.69, 9.17) is 24.1 Å². The van der Waals surface area contributed by atoms with E-state index in [1.165, 1.54) is 12.7 Å². The Hall–Kier alpha value is -2.37. The number of allylic oxidation sites excluding steroid dienone is 10. The lowest BCUT2D eigenvalue weighted by Gasteiger charge is -2.56. The first-order valence-corrected chi connectivity index (χ1v) is 18.8. The van der Waals surface area contributed by atoms with Crippen LogP contribution in [0.1, 0.15) is 87.5 Å².